The zero-order chi connectivity index (χ0) is 27.2. The monoisotopic (exact) mass is 543 g/mol. The molecule has 0 saturated carbocycles. The molecule has 0 radical (unpaired) electrons. The quantitative estimate of drug-likeness (QED) is 0.271. The fourth-order valence-corrected chi connectivity index (χ4v) is 4.52. The molecule has 1 aromatic carbocycles. The van der Waals surface area contributed by atoms with Gasteiger partial charge in [0.1, 0.15) is 29.1 Å². The first-order chi connectivity index (χ1) is 18.4. The number of aromatic nitrogens is 6. The molecule has 0 aliphatic carbocycles. The van der Waals surface area contributed by atoms with Crippen LogP contribution >= 0.6 is 0 Å². The van der Waals surface area contributed by atoms with Gasteiger partial charge in [-0.05, 0) is 30.7 Å². The van der Waals surface area contributed by atoms with E-state index in [4.69, 9.17) is 14.2 Å². The molecule has 3 aromatic heterocycles. The van der Waals surface area contributed by atoms with E-state index in [1.807, 2.05) is 13.0 Å². The van der Waals surface area contributed by atoms with E-state index in [0.717, 1.165) is 18.0 Å². The zero-order valence-corrected chi connectivity index (χ0v) is 21.8. The van der Waals surface area contributed by atoms with Gasteiger partial charge in [0, 0.05) is 31.5 Å². The largest absolute Gasteiger partial charge is 0.494 e. The number of pyridine rings is 1. The number of aryl methyl sites for hydroxylation is 1. The molecule has 0 amide bonds. The lowest BCUT2D eigenvalue weighted by Gasteiger charge is -2.25. The molecular formula is C24H26FN7O5S. The summed E-state index contributed by atoms with van der Waals surface area (Å²) in [6.45, 7) is 1.91. The molecule has 3 atom stereocenters. The molecule has 1 unspecified atom stereocenters. The fourth-order valence-electron chi connectivity index (χ4n) is 4.06. The van der Waals surface area contributed by atoms with Gasteiger partial charge in [-0.15, -0.1) is 10.2 Å². The van der Waals surface area contributed by atoms with E-state index < -0.39 is 29.2 Å². The highest BCUT2D eigenvalue weighted by molar-refractivity contribution is 7.77. The lowest BCUT2D eigenvalue weighted by atomic mass is 10.1. The molecule has 0 aliphatic heterocycles. The molecule has 4 aromatic rings. The van der Waals surface area contributed by atoms with Crippen LogP contribution in [0.4, 0.5) is 4.39 Å². The van der Waals surface area contributed by atoms with Gasteiger partial charge in [0.25, 0.3) is 0 Å². The highest BCUT2D eigenvalue weighted by atomic mass is 32.2. The molecule has 0 aliphatic rings. The zero-order valence-electron chi connectivity index (χ0n) is 21.0. The van der Waals surface area contributed by atoms with Crippen LogP contribution in [0.1, 0.15) is 23.3 Å². The van der Waals surface area contributed by atoms with E-state index in [2.05, 4.69) is 29.9 Å². The van der Waals surface area contributed by atoms with Crippen molar-refractivity contribution in [2.75, 3.05) is 21.3 Å². The molecular weight excluding hydrogens is 517 g/mol. The maximum atomic E-state index is 13.5. The second-order valence-electron chi connectivity index (χ2n) is 8.13. The summed E-state index contributed by atoms with van der Waals surface area (Å²) < 4.78 is 56.2. The first-order valence-electron chi connectivity index (χ1n) is 11.3. The van der Waals surface area contributed by atoms with Crippen molar-refractivity contribution >= 4 is 11.3 Å². The first kappa shape index (κ1) is 27.2. The van der Waals surface area contributed by atoms with Crippen molar-refractivity contribution in [3.05, 3.63) is 72.1 Å². The summed E-state index contributed by atoms with van der Waals surface area (Å²) in [4.78, 5) is 12.3. The van der Waals surface area contributed by atoms with Crippen LogP contribution in [0.25, 0.3) is 17.1 Å². The van der Waals surface area contributed by atoms with Crippen LogP contribution in [0.2, 0.25) is 0 Å². The standard InChI is InChI=1S/C24H26FN7O5S/c1-14-8-15(11-26-10-14)24-30-29-20(32(24)21-18(35-2)6-5-7-19(21)36-3)9-17(31-38(33)34)22(37-4)23-27-12-16(25)13-28-23/h5-8,10-13,17,22,31H,9H2,1-4H3,(H,33,34)/t17-,22-/m0/s1. The molecule has 4 rings (SSSR count). The van der Waals surface area contributed by atoms with Gasteiger partial charge in [-0.25, -0.2) is 23.3 Å². The third kappa shape index (κ3) is 5.83. The van der Waals surface area contributed by atoms with Gasteiger partial charge in [-0.3, -0.25) is 14.1 Å². The van der Waals surface area contributed by atoms with Crippen LogP contribution in [0.3, 0.4) is 0 Å². The number of nitrogens with one attached hydrogen (secondary N) is 1. The Kier molecular flexibility index (Phi) is 8.68. The lowest BCUT2D eigenvalue weighted by Crippen LogP contribution is -2.40. The number of ether oxygens (including phenoxy) is 3. The summed E-state index contributed by atoms with van der Waals surface area (Å²) in [5.41, 5.74) is 2.11. The highest BCUT2D eigenvalue weighted by Gasteiger charge is 2.31. The average Bonchev–Trinajstić information content (AvgIpc) is 3.32. The van der Waals surface area contributed by atoms with E-state index >= 15 is 0 Å². The Bertz CT molecular complexity index is 1400. The Morgan fingerprint density at radius 3 is 2.34 bits per heavy atom. The summed E-state index contributed by atoms with van der Waals surface area (Å²) in [6.07, 6.45) is 4.43. The third-order valence-electron chi connectivity index (χ3n) is 5.66. The van der Waals surface area contributed by atoms with Crippen molar-refractivity contribution in [1.29, 1.82) is 0 Å². The van der Waals surface area contributed by atoms with Crippen molar-refractivity contribution in [3.8, 4) is 28.6 Å². The van der Waals surface area contributed by atoms with Gasteiger partial charge >= 0.3 is 0 Å². The Morgan fingerprint density at radius 1 is 1.08 bits per heavy atom. The molecule has 0 spiro atoms. The number of halogens is 1. The van der Waals surface area contributed by atoms with Crippen LogP contribution in [0, 0.1) is 12.7 Å². The SMILES string of the molecule is COc1cccc(OC)c1-n1c(C[C@H](NS(=O)O)[C@H](OC)c2ncc(F)cn2)nnc1-c1cncc(C)c1. The van der Waals surface area contributed by atoms with Gasteiger partial charge < -0.3 is 14.2 Å². The van der Waals surface area contributed by atoms with Gasteiger partial charge in [-0.1, -0.05) is 6.07 Å². The van der Waals surface area contributed by atoms with Crippen molar-refractivity contribution in [2.24, 2.45) is 0 Å². The molecule has 0 bridgehead atoms. The Labute approximate surface area is 220 Å². The van der Waals surface area contributed by atoms with Gasteiger partial charge in [0.05, 0.1) is 32.7 Å². The third-order valence-corrected chi connectivity index (χ3v) is 6.16. The molecule has 2 N–H and O–H groups in total. The summed E-state index contributed by atoms with van der Waals surface area (Å²) in [6, 6.07) is 6.34. The van der Waals surface area contributed by atoms with Crippen molar-refractivity contribution in [3.63, 3.8) is 0 Å². The molecule has 3 heterocycles. The Balaban J connectivity index is 1.89. The average molecular weight is 544 g/mol. The predicted molar refractivity (Wildman–Crippen MR) is 136 cm³/mol. The van der Waals surface area contributed by atoms with E-state index in [1.165, 1.54) is 21.3 Å². The maximum absolute atomic E-state index is 13.5. The smallest absolute Gasteiger partial charge is 0.232 e. The summed E-state index contributed by atoms with van der Waals surface area (Å²) in [5.74, 6) is 1.26. The lowest BCUT2D eigenvalue weighted by molar-refractivity contribution is 0.0669. The Hall–Kier alpha value is -3.85. The predicted octanol–water partition coefficient (Wildman–Crippen LogP) is 2.61. The first-order valence-corrected chi connectivity index (χ1v) is 12.4. The fraction of sp³-hybridized carbons (Fsp3) is 0.292. The van der Waals surface area contributed by atoms with Crippen LogP contribution in [-0.2, 0) is 22.4 Å². The second kappa shape index (κ2) is 12.1. The molecule has 12 nitrogen and oxygen atoms in total. The maximum Gasteiger partial charge on any atom is 0.232 e. The van der Waals surface area contributed by atoms with E-state index in [-0.39, 0.29) is 12.2 Å². The van der Waals surface area contributed by atoms with Gasteiger partial charge in [0.2, 0.25) is 11.3 Å². The van der Waals surface area contributed by atoms with Crippen molar-refractivity contribution in [1.82, 2.24) is 34.4 Å². The molecule has 0 saturated heterocycles. The van der Waals surface area contributed by atoms with Crippen molar-refractivity contribution < 1.29 is 27.4 Å². The van der Waals surface area contributed by atoms with Crippen LogP contribution < -0.4 is 14.2 Å². The minimum atomic E-state index is -2.44. The second-order valence-corrected chi connectivity index (χ2v) is 8.86. The number of benzene rings is 1. The molecule has 14 heteroatoms. The number of para-hydroxylation sites is 1. The summed E-state index contributed by atoms with van der Waals surface area (Å²) >= 11 is -2.44. The van der Waals surface area contributed by atoms with E-state index in [9.17, 15) is 13.2 Å². The van der Waals surface area contributed by atoms with E-state index in [0.29, 0.717) is 34.4 Å². The molecule has 38 heavy (non-hydrogen) atoms. The van der Waals surface area contributed by atoms with Gasteiger partial charge in [-0.2, -0.15) is 0 Å². The number of rotatable bonds is 11. The van der Waals surface area contributed by atoms with Crippen LogP contribution in [-0.4, -0.2) is 65.8 Å². The minimum absolute atomic E-state index is 0.0129. The topological polar surface area (TPSA) is 146 Å². The summed E-state index contributed by atoms with van der Waals surface area (Å²) in [5, 5.41) is 8.85. The number of hydrogen-bond donors (Lipinski definition) is 2. The van der Waals surface area contributed by atoms with E-state index in [1.54, 1.807) is 35.2 Å². The minimum Gasteiger partial charge on any atom is -0.494 e. The Morgan fingerprint density at radius 2 is 1.76 bits per heavy atom. The van der Waals surface area contributed by atoms with Crippen LogP contribution in [0.5, 0.6) is 11.5 Å². The number of methoxy groups -OCH3 is 3. The summed E-state index contributed by atoms with van der Waals surface area (Å²) in [7, 11) is 4.45. The highest BCUT2D eigenvalue weighted by Crippen LogP contribution is 2.37. The van der Waals surface area contributed by atoms with Crippen LogP contribution in [0.15, 0.2) is 49.1 Å². The molecule has 0 fully saturated rings. The van der Waals surface area contributed by atoms with Gasteiger partial charge in [0.15, 0.2) is 17.5 Å². The van der Waals surface area contributed by atoms with Crippen molar-refractivity contribution in [2.45, 2.75) is 25.5 Å². The number of nitrogens with zero attached hydrogens (tertiary/aromatic N) is 6. The normalized spacial score (nSPS) is 13.6. The molecule has 200 valence electrons. The number of hydrogen-bond acceptors (Lipinski definition) is 9.